The monoisotopic (exact) mass is 302 g/mol. The van der Waals surface area contributed by atoms with Gasteiger partial charge < -0.3 is 10.5 Å². The van der Waals surface area contributed by atoms with Crippen molar-refractivity contribution in [3.63, 3.8) is 0 Å². The second-order valence-electron chi connectivity index (χ2n) is 5.05. The lowest BCUT2D eigenvalue weighted by molar-refractivity contribution is 0.0832. The van der Waals surface area contributed by atoms with E-state index < -0.39 is 15.8 Å². The van der Waals surface area contributed by atoms with Crippen molar-refractivity contribution in [1.29, 1.82) is 0 Å². The lowest BCUT2D eigenvalue weighted by Gasteiger charge is -2.24. The highest BCUT2D eigenvalue weighted by Gasteiger charge is 2.26. The number of benzene rings is 1. The molecule has 5 nitrogen and oxygen atoms in total. The molecule has 0 saturated carbocycles. The molecule has 0 bridgehead atoms. The van der Waals surface area contributed by atoms with Crippen LogP contribution in [0.15, 0.2) is 11.0 Å². The van der Waals surface area contributed by atoms with E-state index in [0.29, 0.717) is 31.6 Å². The van der Waals surface area contributed by atoms with Gasteiger partial charge in [-0.1, -0.05) is 0 Å². The summed E-state index contributed by atoms with van der Waals surface area (Å²) in [5, 5.41) is 0. The fourth-order valence-electron chi connectivity index (χ4n) is 2.44. The number of hydrogen-bond donors (Lipinski definition) is 2. The van der Waals surface area contributed by atoms with Crippen LogP contribution in [0.4, 0.5) is 10.1 Å². The first-order valence-electron chi connectivity index (χ1n) is 6.48. The van der Waals surface area contributed by atoms with Crippen LogP contribution in [0.3, 0.4) is 0 Å². The Morgan fingerprint density at radius 1 is 1.35 bits per heavy atom. The van der Waals surface area contributed by atoms with Crippen molar-refractivity contribution in [3.05, 3.63) is 23.0 Å². The summed E-state index contributed by atoms with van der Waals surface area (Å²) < 4.78 is 46.3. The second kappa shape index (κ2) is 5.67. The molecule has 1 aliphatic heterocycles. The first-order valence-corrected chi connectivity index (χ1v) is 7.96. The third-order valence-electron chi connectivity index (χ3n) is 3.52. The summed E-state index contributed by atoms with van der Waals surface area (Å²) in [6.45, 7) is 4.16. The minimum atomic E-state index is -3.71. The average molecular weight is 302 g/mol. The standard InChI is InChI=1S/C13H19FN2O3S/c1-8-7-11(14)12(15)9(2)13(8)20(17,18)16-10-3-5-19-6-4-10/h7,10,16H,3-6,15H2,1-2H3. The molecule has 1 fully saturated rings. The van der Waals surface area contributed by atoms with Gasteiger partial charge in [0.25, 0.3) is 0 Å². The molecular weight excluding hydrogens is 283 g/mol. The molecule has 1 heterocycles. The van der Waals surface area contributed by atoms with Crippen molar-refractivity contribution in [1.82, 2.24) is 4.72 Å². The Morgan fingerprint density at radius 3 is 2.55 bits per heavy atom. The van der Waals surface area contributed by atoms with Gasteiger partial charge in [0.2, 0.25) is 10.0 Å². The van der Waals surface area contributed by atoms with Crippen LogP contribution < -0.4 is 10.5 Å². The van der Waals surface area contributed by atoms with Gasteiger partial charge in [-0.05, 0) is 43.9 Å². The summed E-state index contributed by atoms with van der Waals surface area (Å²) >= 11 is 0. The molecule has 0 aliphatic carbocycles. The summed E-state index contributed by atoms with van der Waals surface area (Å²) in [4.78, 5) is 0.0721. The van der Waals surface area contributed by atoms with Gasteiger partial charge >= 0.3 is 0 Å². The molecule has 0 amide bonds. The molecule has 3 N–H and O–H groups in total. The van der Waals surface area contributed by atoms with Crippen molar-refractivity contribution in [3.8, 4) is 0 Å². The minimum Gasteiger partial charge on any atom is -0.396 e. The summed E-state index contributed by atoms with van der Waals surface area (Å²) in [6.07, 6.45) is 1.27. The third-order valence-corrected chi connectivity index (χ3v) is 5.32. The molecule has 7 heteroatoms. The van der Waals surface area contributed by atoms with E-state index in [1.807, 2.05) is 0 Å². The second-order valence-corrected chi connectivity index (χ2v) is 6.70. The van der Waals surface area contributed by atoms with E-state index in [-0.39, 0.29) is 22.2 Å². The van der Waals surface area contributed by atoms with Crippen molar-refractivity contribution >= 4 is 15.7 Å². The first kappa shape index (κ1) is 15.2. The number of rotatable bonds is 3. The summed E-state index contributed by atoms with van der Waals surface area (Å²) in [5.74, 6) is -0.593. The Morgan fingerprint density at radius 2 is 1.95 bits per heavy atom. The molecule has 2 rings (SSSR count). The Bertz CT molecular complexity index is 611. The molecule has 1 saturated heterocycles. The topological polar surface area (TPSA) is 81.4 Å². The smallest absolute Gasteiger partial charge is 0.241 e. The van der Waals surface area contributed by atoms with Gasteiger partial charge in [0.15, 0.2) is 0 Å². The average Bonchev–Trinajstić information content (AvgIpc) is 2.36. The van der Waals surface area contributed by atoms with Crippen LogP contribution in [-0.4, -0.2) is 27.7 Å². The van der Waals surface area contributed by atoms with Crippen LogP contribution in [0.5, 0.6) is 0 Å². The van der Waals surface area contributed by atoms with Crippen molar-refractivity contribution in [2.75, 3.05) is 18.9 Å². The normalized spacial score (nSPS) is 17.4. The largest absolute Gasteiger partial charge is 0.396 e. The molecule has 0 unspecified atom stereocenters. The zero-order valence-corrected chi connectivity index (χ0v) is 12.4. The maximum absolute atomic E-state index is 13.5. The molecule has 1 aliphatic rings. The Labute approximate surface area is 118 Å². The van der Waals surface area contributed by atoms with Gasteiger partial charge in [0, 0.05) is 19.3 Å². The molecule has 0 atom stereocenters. The van der Waals surface area contributed by atoms with Crippen molar-refractivity contribution < 1.29 is 17.5 Å². The summed E-state index contributed by atoms with van der Waals surface area (Å²) in [5.41, 5.74) is 6.08. The van der Waals surface area contributed by atoms with Crippen LogP contribution >= 0.6 is 0 Å². The van der Waals surface area contributed by atoms with E-state index in [9.17, 15) is 12.8 Å². The molecule has 112 valence electrons. The highest BCUT2D eigenvalue weighted by molar-refractivity contribution is 7.89. The Hall–Kier alpha value is -1.18. The van der Waals surface area contributed by atoms with E-state index in [1.165, 1.54) is 6.92 Å². The third kappa shape index (κ3) is 2.94. The molecule has 0 radical (unpaired) electrons. The molecule has 20 heavy (non-hydrogen) atoms. The van der Waals surface area contributed by atoms with Gasteiger partial charge in [-0.2, -0.15) is 0 Å². The predicted octanol–water partition coefficient (Wildman–Crippen LogP) is 1.48. The number of ether oxygens (including phenoxy) is 1. The van der Waals surface area contributed by atoms with Gasteiger partial charge in [-0.25, -0.2) is 17.5 Å². The number of sulfonamides is 1. The van der Waals surface area contributed by atoms with Gasteiger partial charge in [0.1, 0.15) is 5.82 Å². The fourth-order valence-corrected chi connectivity index (χ4v) is 4.23. The van der Waals surface area contributed by atoms with Gasteiger partial charge in [-0.15, -0.1) is 0 Å². The molecule has 1 aromatic carbocycles. The molecule has 0 aromatic heterocycles. The highest BCUT2D eigenvalue weighted by Crippen LogP contribution is 2.28. The molecular formula is C13H19FN2O3S. The summed E-state index contributed by atoms with van der Waals surface area (Å²) in [7, 11) is -3.71. The quantitative estimate of drug-likeness (QED) is 0.829. The van der Waals surface area contributed by atoms with Crippen LogP contribution in [-0.2, 0) is 14.8 Å². The maximum Gasteiger partial charge on any atom is 0.241 e. The van der Waals surface area contributed by atoms with Crippen LogP contribution in [0.2, 0.25) is 0 Å². The molecule has 0 spiro atoms. The fraction of sp³-hybridized carbons (Fsp3) is 0.538. The number of nitrogens with one attached hydrogen (secondary N) is 1. The van der Waals surface area contributed by atoms with E-state index in [4.69, 9.17) is 10.5 Å². The van der Waals surface area contributed by atoms with E-state index in [1.54, 1.807) is 6.92 Å². The highest BCUT2D eigenvalue weighted by atomic mass is 32.2. The zero-order valence-electron chi connectivity index (χ0n) is 11.6. The predicted molar refractivity (Wildman–Crippen MR) is 74.4 cm³/mol. The van der Waals surface area contributed by atoms with Crippen LogP contribution in [0.1, 0.15) is 24.0 Å². The molecule has 1 aromatic rings. The number of anilines is 1. The van der Waals surface area contributed by atoms with E-state index >= 15 is 0 Å². The van der Waals surface area contributed by atoms with Crippen molar-refractivity contribution in [2.24, 2.45) is 0 Å². The van der Waals surface area contributed by atoms with E-state index in [2.05, 4.69) is 4.72 Å². The van der Waals surface area contributed by atoms with Crippen LogP contribution in [0, 0.1) is 19.7 Å². The van der Waals surface area contributed by atoms with Gasteiger partial charge in [0.05, 0.1) is 10.6 Å². The SMILES string of the molecule is Cc1cc(F)c(N)c(C)c1S(=O)(=O)NC1CCOCC1. The lowest BCUT2D eigenvalue weighted by atomic mass is 10.1. The lowest BCUT2D eigenvalue weighted by Crippen LogP contribution is -2.39. The number of halogens is 1. The zero-order chi connectivity index (χ0) is 14.9. The number of aryl methyl sites for hydroxylation is 1. The maximum atomic E-state index is 13.5. The summed E-state index contributed by atoms with van der Waals surface area (Å²) in [6, 6.07) is 1.000. The number of hydrogen-bond acceptors (Lipinski definition) is 4. The first-order chi connectivity index (χ1) is 9.33. The number of nitrogen functional groups attached to an aromatic ring is 1. The van der Waals surface area contributed by atoms with Crippen molar-refractivity contribution in [2.45, 2.75) is 37.6 Å². The van der Waals surface area contributed by atoms with Crippen LogP contribution in [0.25, 0.3) is 0 Å². The Balaban J connectivity index is 2.36. The van der Waals surface area contributed by atoms with Gasteiger partial charge in [-0.3, -0.25) is 0 Å². The number of nitrogens with two attached hydrogens (primary N) is 1. The Kier molecular flexibility index (Phi) is 4.31. The van der Waals surface area contributed by atoms with E-state index in [0.717, 1.165) is 6.07 Å². The minimum absolute atomic E-state index is 0.0721.